The molecular weight excluding hydrogens is 276 g/mol. The van der Waals surface area contributed by atoms with Crippen LogP contribution < -0.4 is 0 Å². The van der Waals surface area contributed by atoms with Crippen molar-refractivity contribution in [1.82, 2.24) is 19.4 Å². The maximum atomic E-state index is 11.8. The fourth-order valence-corrected chi connectivity index (χ4v) is 3.05. The van der Waals surface area contributed by atoms with E-state index >= 15 is 0 Å². The Hall–Kier alpha value is -1.88. The number of aryl methyl sites for hydroxylation is 1. The Morgan fingerprint density at radius 3 is 2.86 bits per heavy atom. The Morgan fingerprint density at radius 1 is 1.27 bits per heavy atom. The summed E-state index contributed by atoms with van der Waals surface area (Å²) in [5, 5.41) is 0. The van der Waals surface area contributed by atoms with Crippen LogP contribution in [0.1, 0.15) is 25.1 Å². The zero-order valence-electron chi connectivity index (χ0n) is 13.5. The number of piperidine rings is 1. The third-order valence-corrected chi connectivity index (χ3v) is 4.46. The summed E-state index contributed by atoms with van der Waals surface area (Å²) >= 11 is 0. The predicted molar refractivity (Wildman–Crippen MR) is 87.5 cm³/mol. The van der Waals surface area contributed by atoms with E-state index in [2.05, 4.69) is 29.6 Å². The van der Waals surface area contributed by atoms with E-state index in [9.17, 15) is 4.79 Å². The fraction of sp³-hybridized carbons (Fsp3) is 0.529. The maximum absolute atomic E-state index is 11.8. The van der Waals surface area contributed by atoms with Gasteiger partial charge >= 0.3 is 0 Å². The van der Waals surface area contributed by atoms with Crippen LogP contribution in [0.3, 0.4) is 0 Å². The van der Waals surface area contributed by atoms with Crippen molar-refractivity contribution in [2.45, 2.75) is 25.8 Å². The Balaban J connectivity index is 1.59. The summed E-state index contributed by atoms with van der Waals surface area (Å²) in [6, 6.07) is 8.20. The zero-order chi connectivity index (χ0) is 15.5. The van der Waals surface area contributed by atoms with Crippen LogP contribution in [0.15, 0.2) is 24.3 Å². The summed E-state index contributed by atoms with van der Waals surface area (Å²) in [5.74, 6) is 1.37. The number of amides is 1. The van der Waals surface area contributed by atoms with Gasteiger partial charge in [0.2, 0.25) is 5.91 Å². The first-order valence-corrected chi connectivity index (χ1v) is 8.02. The first-order chi connectivity index (χ1) is 10.6. The summed E-state index contributed by atoms with van der Waals surface area (Å²) < 4.78 is 2.15. The lowest BCUT2D eigenvalue weighted by molar-refractivity contribution is -0.133. The highest BCUT2D eigenvalue weighted by Crippen LogP contribution is 2.15. The number of nitrogens with zero attached hydrogens (tertiary/aromatic N) is 4. The van der Waals surface area contributed by atoms with Crippen LogP contribution in [0.4, 0.5) is 0 Å². The predicted octanol–water partition coefficient (Wildman–Crippen LogP) is 2.02. The number of hydrogen-bond acceptors (Lipinski definition) is 3. The van der Waals surface area contributed by atoms with E-state index in [0.29, 0.717) is 12.3 Å². The number of likely N-dealkylation sites (N-methyl/N-ethyl adjacent to an activating group) is 1. The molecule has 0 spiro atoms. The van der Waals surface area contributed by atoms with Crippen molar-refractivity contribution in [2.75, 3.05) is 26.7 Å². The lowest BCUT2D eigenvalue weighted by atomic mass is 10.1. The molecule has 1 aromatic heterocycles. The highest BCUT2D eigenvalue weighted by Gasteiger charge is 2.18. The largest absolute Gasteiger partial charge is 0.341 e. The number of likely N-dealkylation sites (tertiary alicyclic amines) is 1. The third-order valence-electron chi connectivity index (χ3n) is 4.46. The second-order valence-corrected chi connectivity index (χ2v) is 6.15. The smallest absolute Gasteiger partial charge is 0.222 e. The van der Waals surface area contributed by atoms with Crippen LogP contribution in [-0.4, -0.2) is 51.9 Å². The van der Waals surface area contributed by atoms with E-state index < -0.39 is 0 Å². The Bertz CT molecular complexity index is 664. The number of hydrogen-bond donors (Lipinski definition) is 0. The van der Waals surface area contributed by atoms with Crippen molar-refractivity contribution in [3.05, 3.63) is 30.1 Å². The molecule has 2 heterocycles. The van der Waals surface area contributed by atoms with Crippen molar-refractivity contribution < 1.29 is 4.79 Å². The maximum Gasteiger partial charge on any atom is 0.222 e. The number of rotatable bonds is 5. The van der Waals surface area contributed by atoms with E-state index in [1.165, 1.54) is 0 Å². The van der Waals surface area contributed by atoms with E-state index in [0.717, 1.165) is 55.9 Å². The van der Waals surface area contributed by atoms with Crippen LogP contribution in [0.2, 0.25) is 0 Å². The quantitative estimate of drug-likeness (QED) is 0.848. The second-order valence-electron chi connectivity index (χ2n) is 6.15. The SMILES string of the molecule is CN(CCN1CCCCC1=O)Cc1nc2ccccc2n1C. The van der Waals surface area contributed by atoms with E-state index in [-0.39, 0.29) is 0 Å². The van der Waals surface area contributed by atoms with Gasteiger partial charge in [-0.2, -0.15) is 0 Å². The lowest BCUT2D eigenvalue weighted by Crippen LogP contribution is -2.40. The number of imidazole rings is 1. The molecule has 0 unspecified atom stereocenters. The highest BCUT2D eigenvalue weighted by molar-refractivity contribution is 5.77. The van der Waals surface area contributed by atoms with Crippen molar-refractivity contribution >= 4 is 16.9 Å². The minimum atomic E-state index is 0.308. The van der Waals surface area contributed by atoms with Crippen LogP contribution >= 0.6 is 0 Å². The zero-order valence-corrected chi connectivity index (χ0v) is 13.5. The monoisotopic (exact) mass is 300 g/mol. The first-order valence-electron chi connectivity index (χ1n) is 8.02. The van der Waals surface area contributed by atoms with Crippen LogP contribution in [0, 0.1) is 0 Å². The first kappa shape index (κ1) is 15.0. The molecule has 0 aliphatic carbocycles. The summed E-state index contributed by atoms with van der Waals surface area (Å²) in [7, 11) is 4.15. The number of carbonyl (C=O) groups is 1. The van der Waals surface area contributed by atoms with Gasteiger partial charge < -0.3 is 9.47 Å². The Kier molecular flexibility index (Phi) is 4.43. The molecule has 0 atom stereocenters. The van der Waals surface area contributed by atoms with Gasteiger partial charge in [0.15, 0.2) is 0 Å². The molecule has 0 bridgehead atoms. The minimum absolute atomic E-state index is 0.308. The topological polar surface area (TPSA) is 41.4 Å². The molecule has 0 N–H and O–H groups in total. The van der Waals surface area contributed by atoms with Crippen molar-refractivity contribution in [3.8, 4) is 0 Å². The summed E-state index contributed by atoms with van der Waals surface area (Å²) in [5.41, 5.74) is 2.21. The fourth-order valence-electron chi connectivity index (χ4n) is 3.05. The molecule has 118 valence electrons. The molecule has 3 rings (SSSR count). The van der Waals surface area contributed by atoms with Gasteiger partial charge in [-0.1, -0.05) is 12.1 Å². The van der Waals surface area contributed by atoms with Crippen molar-refractivity contribution in [3.63, 3.8) is 0 Å². The molecule has 1 aliphatic heterocycles. The molecule has 5 heteroatoms. The van der Waals surface area contributed by atoms with E-state index in [1.807, 2.05) is 23.1 Å². The van der Waals surface area contributed by atoms with Gasteiger partial charge in [0.25, 0.3) is 0 Å². The third kappa shape index (κ3) is 3.14. The minimum Gasteiger partial charge on any atom is -0.341 e. The van der Waals surface area contributed by atoms with Gasteiger partial charge in [0.1, 0.15) is 5.82 Å². The molecule has 1 aliphatic rings. The Labute approximate surface area is 131 Å². The van der Waals surface area contributed by atoms with Gasteiger partial charge in [0, 0.05) is 33.1 Å². The molecular formula is C17H24N4O. The van der Waals surface area contributed by atoms with Crippen molar-refractivity contribution in [1.29, 1.82) is 0 Å². The van der Waals surface area contributed by atoms with Gasteiger partial charge in [0.05, 0.1) is 17.6 Å². The van der Waals surface area contributed by atoms with Gasteiger partial charge in [-0.25, -0.2) is 4.98 Å². The number of carbonyl (C=O) groups excluding carboxylic acids is 1. The van der Waals surface area contributed by atoms with Crippen LogP contribution in [-0.2, 0) is 18.4 Å². The highest BCUT2D eigenvalue weighted by atomic mass is 16.2. The van der Waals surface area contributed by atoms with Crippen LogP contribution in [0.5, 0.6) is 0 Å². The average Bonchev–Trinajstić information content (AvgIpc) is 2.83. The Morgan fingerprint density at radius 2 is 2.09 bits per heavy atom. The molecule has 1 aromatic carbocycles. The number of fused-ring (bicyclic) bond motifs is 1. The number of para-hydroxylation sites is 2. The molecule has 1 amide bonds. The summed E-state index contributed by atoms with van der Waals surface area (Å²) in [4.78, 5) is 20.8. The molecule has 2 aromatic rings. The standard InChI is InChI=1S/C17H24N4O/c1-19(11-12-21-10-6-5-9-17(21)22)13-16-18-14-7-3-4-8-15(14)20(16)2/h3-4,7-8H,5-6,9-13H2,1-2H3. The number of benzene rings is 1. The molecule has 22 heavy (non-hydrogen) atoms. The number of aromatic nitrogens is 2. The molecule has 5 nitrogen and oxygen atoms in total. The molecule has 1 saturated heterocycles. The van der Waals surface area contributed by atoms with E-state index in [4.69, 9.17) is 4.98 Å². The summed E-state index contributed by atoms with van der Waals surface area (Å²) in [6.07, 6.45) is 2.90. The van der Waals surface area contributed by atoms with Gasteiger partial charge in [-0.3, -0.25) is 9.69 Å². The lowest BCUT2D eigenvalue weighted by Gasteiger charge is -2.28. The molecule has 0 radical (unpaired) electrons. The van der Waals surface area contributed by atoms with Gasteiger partial charge in [-0.15, -0.1) is 0 Å². The second kappa shape index (κ2) is 6.48. The molecule has 1 fully saturated rings. The van der Waals surface area contributed by atoms with Gasteiger partial charge in [-0.05, 0) is 32.0 Å². The van der Waals surface area contributed by atoms with Crippen LogP contribution in [0.25, 0.3) is 11.0 Å². The summed E-state index contributed by atoms with van der Waals surface area (Å²) in [6.45, 7) is 3.42. The normalized spacial score (nSPS) is 16.0. The molecule has 0 saturated carbocycles. The van der Waals surface area contributed by atoms with Crippen molar-refractivity contribution in [2.24, 2.45) is 7.05 Å². The average molecular weight is 300 g/mol. The van der Waals surface area contributed by atoms with E-state index in [1.54, 1.807) is 0 Å².